The van der Waals surface area contributed by atoms with Crippen LogP contribution in [0.5, 0.6) is 5.75 Å². The van der Waals surface area contributed by atoms with E-state index in [4.69, 9.17) is 4.74 Å². The molecule has 5 atom stereocenters. The highest BCUT2D eigenvalue weighted by molar-refractivity contribution is 8.02. The largest absolute Gasteiger partial charge is 0.494 e. The summed E-state index contributed by atoms with van der Waals surface area (Å²) in [4.78, 5) is 46.0. The molecule has 1 spiro atoms. The summed E-state index contributed by atoms with van der Waals surface area (Å²) < 4.78 is 4.87. The molecule has 2 aromatic carbocycles. The lowest BCUT2D eigenvalue weighted by Crippen LogP contribution is -2.51. The van der Waals surface area contributed by atoms with Crippen molar-refractivity contribution in [2.24, 2.45) is 11.8 Å². The number of carbonyl (C=O) groups is 3. The zero-order chi connectivity index (χ0) is 30.6. The molecule has 10 heteroatoms. The van der Waals surface area contributed by atoms with Gasteiger partial charge in [0.25, 0.3) is 0 Å². The Kier molecular flexibility index (Phi) is 9.86. The lowest BCUT2D eigenvalue weighted by molar-refractivity contribution is -0.138. The second-order valence-electron chi connectivity index (χ2n) is 11.5. The molecule has 3 saturated heterocycles. The van der Waals surface area contributed by atoms with Gasteiger partial charge in [-0.1, -0.05) is 0 Å². The predicted octanol–water partition coefficient (Wildman–Crippen LogP) is 4.76. The molecule has 3 amide bonds. The van der Waals surface area contributed by atoms with E-state index in [2.05, 4.69) is 29.4 Å². The molecule has 0 aromatic heterocycles. The molecule has 0 radical (unpaired) electrons. The molecule has 232 valence electrons. The number of hydrogen-bond donors (Lipinski definition) is 3. The first-order chi connectivity index (χ1) is 20.9. The van der Waals surface area contributed by atoms with E-state index in [1.165, 1.54) is 0 Å². The second kappa shape index (κ2) is 13.6. The van der Waals surface area contributed by atoms with Gasteiger partial charge in [-0.05, 0) is 101 Å². The molecule has 2 bridgehead atoms. The average Bonchev–Trinajstić information content (AvgIpc) is 3.65. The molecule has 2 aromatic rings. The summed E-state index contributed by atoms with van der Waals surface area (Å²) in [6.45, 7) is 9.02. The van der Waals surface area contributed by atoms with Crippen LogP contribution in [0, 0.1) is 11.8 Å². The molecule has 5 rings (SSSR count). The third-order valence-electron chi connectivity index (χ3n) is 9.10. The van der Waals surface area contributed by atoms with Crippen LogP contribution in [0.25, 0.3) is 0 Å². The molecule has 3 heterocycles. The standard InChI is InChI=1S/C33H44N4O5S/c1-4-36(5-2)24-14-10-22(11-15-24)35-31(40)29-33-19-18-26(43-33)27(28(33)32(41)37(29)20-8-7-9-21-38)30(39)34-23-12-16-25(17-13-23)42-6-3/h10-17,26-29,38H,4-9,18-21H2,1-3H3,(H,34,39)(H,35,40)/t26-,27+,28-,29?,33?/m0/s1. The Morgan fingerprint density at radius 1 is 0.977 bits per heavy atom. The molecular formula is C33H44N4O5S. The Balaban J connectivity index is 1.38. The minimum absolute atomic E-state index is 0.0168. The number of carbonyl (C=O) groups excluding carboxylic acids is 3. The fourth-order valence-electron chi connectivity index (χ4n) is 7.15. The van der Waals surface area contributed by atoms with Crippen molar-refractivity contribution < 1.29 is 24.2 Å². The SMILES string of the molecule is CCOc1ccc(NC(=O)[C@@H]2[C@@H]3CCC4(S3)C(C(=O)Nc3ccc(N(CC)CC)cc3)N(CCCCCO)C(=O)[C@H]24)cc1. The number of aliphatic hydroxyl groups excluding tert-OH is 1. The quantitative estimate of drug-likeness (QED) is 0.265. The molecule has 3 fully saturated rings. The fraction of sp³-hybridized carbons (Fsp3) is 0.545. The number of benzene rings is 2. The van der Waals surface area contributed by atoms with Crippen molar-refractivity contribution in [1.29, 1.82) is 0 Å². The zero-order valence-electron chi connectivity index (χ0n) is 25.4. The van der Waals surface area contributed by atoms with E-state index in [-0.39, 0.29) is 29.6 Å². The number of nitrogens with one attached hydrogen (secondary N) is 2. The van der Waals surface area contributed by atoms with Crippen molar-refractivity contribution >= 4 is 46.5 Å². The van der Waals surface area contributed by atoms with Gasteiger partial charge in [0.2, 0.25) is 17.7 Å². The number of thioether (sulfide) groups is 1. The van der Waals surface area contributed by atoms with Gasteiger partial charge in [-0.15, -0.1) is 11.8 Å². The third kappa shape index (κ3) is 6.09. The van der Waals surface area contributed by atoms with E-state index in [1.807, 2.05) is 55.5 Å². The average molecular weight is 609 g/mol. The third-order valence-corrected chi connectivity index (χ3v) is 11.1. The molecule has 0 saturated carbocycles. The van der Waals surface area contributed by atoms with Crippen molar-refractivity contribution in [2.75, 3.05) is 48.4 Å². The number of hydrogen-bond acceptors (Lipinski definition) is 7. The first-order valence-corrected chi connectivity index (χ1v) is 16.5. The van der Waals surface area contributed by atoms with Crippen molar-refractivity contribution in [3.05, 3.63) is 48.5 Å². The fourth-order valence-corrected chi connectivity index (χ4v) is 9.37. The van der Waals surface area contributed by atoms with Gasteiger partial charge >= 0.3 is 0 Å². The van der Waals surface area contributed by atoms with E-state index in [0.717, 1.165) is 43.8 Å². The van der Waals surface area contributed by atoms with Crippen LogP contribution in [0.15, 0.2) is 48.5 Å². The lowest BCUT2D eigenvalue weighted by atomic mass is 9.70. The zero-order valence-corrected chi connectivity index (χ0v) is 26.2. The lowest BCUT2D eigenvalue weighted by Gasteiger charge is -2.34. The van der Waals surface area contributed by atoms with E-state index in [9.17, 15) is 19.5 Å². The number of ether oxygens (including phenoxy) is 1. The van der Waals surface area contributed by atoms with Gasteiger partial charge in [0.15, 0.2) is 0 Å². The molecule has 0 aliphatic carbocycles. The number of fused-ring (bicyclic) bond motifs is 1. The molecular weight excluding hydrogens is 564 g/mol. The van der Waals surface area contributed by atoms with Crippen molar-refractivity contribution in [1.82, 2.24) is 4.90 Å². The minimum atomic E-state index is -0.667. The molecule has 43 heavy (non-hydrogen) atoms. The second-order valence-corrected chi connectivity index (χ2v) is 13.1. The maximum absolute atomic E-state index is 14.2. The number of nitrogens with zero attached hydrogens (tertiary/aromatic N) is 2. The van der Waals surface area contributed by atoms with Crippen LogP contribution in [0.2, 0.25) is 0 Å². The van der Waals surface area contributed by atoms with Gasteiger partial charge < -0.3 is 30.3 Å². The summed E-state index contributed by atoms with van der Waals surface area (Å²) in [5, 5.41) is 15.4. The van der Waals surface area contributed by atoms with Crippen LogP contribution in [0.4, 0.5) is 17.1 Å². The Bertz CT molecular complexity index is 1290. The van der Waals surface area contributed by atoms with Crippen LogP contribution in [0.3, 0.4) is 0 Å². The van der Waals surface area contributed by atoms with Gasteiger partial charge in [-0.25, -0.2) is 0 Å². The first kappa shape index (κ1) is 31.2. The maximum atomic E-state index is 14.2. The number of rotatable bonds is 14. The highest BCUT2D eigenvalue weighted by atomic mass is 32.2. The number of amides is 3. The van der Waals surface area contributed by atoms with Crippen LogP contribution >= 0.6 is 11.8 Å². The van der Waals surface area contributed by atoms with Crippen molar-refractivity contribution in [3.63, 3.8) is 0 Å². The normalized spacial score (nSPS) is 25.5. The van der Waals surface area contributed by atoms with Crippen molar-refractivity contribution in [3.8, 4) is 5.75 Å². The summed E-state index contributed by atoms with van der Waals surface area (Å²) in [5.41, 5.74) is 2.44. The Morgan fingerprint density at radius 3 is 2.26 bits per heavy atom. The van der Waals surface area contributed by atoms with Crippen LogP contribution in [0.1, 0.15) is 52.9 Å². The smallest absolute Gasteiger partial charge is 0.248 e. The summed E-state index contributed by atoms with van der Waals surface area (Å²) in [7, 11) is 0. The predicted molar refractivity (Wildman–Crippen MR) is 172 cm³/mol. The van der Waals surface area contributed by atoms with E-state index in [1.54, 1.807) is 16.7 Å². The van der Waals surface area contributed by atoms with E-state index < -0.39 is 22.6 Å². The summed E-state index contributed by atoms with van der Waals surface area (Å²) in [6, 6.07) is 14.4. The monoisotopic (exact) mass is 608 g/mol. The Labute approximate surface area is 258 Å². The van der Waals surface area contributed by atoms with E-state index >= 15 is 0 Å². The summed E-state index contributed by atoms with van der Waals surface area (Å²) >= 11 is 1.67. The molecule has 9 nitrogen and oxygen atoms in total. The number of likely N-dealkylation sites (tertiary alicyclic amines) is 1. The summed E-state index contributed by atoms with van der Waals surface area (Å²) in [6.07, 6.45) is 3.61. The Hall–Kier alpha value is -3.24. The topological polar surface area (TPSA) is 111 Å². The molecule has 3 N–H and O–H groups in total. The Morgan fingerprint density at radius 2 is 1.63 bits per heavy atom. The van der Waals surface area contributed by atoms with Crippen LogP contribution < -0.4 is 20.3 Å². The highest BCUT2D eigenvalue weighted by Crippen LogP contribution is 2.66. The molecule has 3 aliphatic heterocycles. The highest BCUT2D eigenvalue weighted by Gasteiger charge is 2.73. The number of unbranched alkanes of at least 4 members (excludes halogenated alkanes) is 2. The van der Waals surface area contributed by atoms with Gasteiger partial charge in [0.05, 0.1) is 23.2 Å². The number of anilines is 3. The number of aliphatic hydroxyl groups is 1. The van der Waals surface area contributed by atoms with Gasteiger partial charge in [0, 0.05) is 48.6 Å². The van der Waals surface area contributed by atoms with Gasteiger partial charge in [0.1, 0.15) is 11.8 Å². The van der Waals surface area contributed by atoms with Crippen molar-refractivity contribution in [2.45, 2.75) is 68.9 Å². The summed E-state index contributed by atoms with van der Waals surface area (Å²) in [5.74, 6) is -0.817. The maximum Gasteiger partial charge on any atom is 0.248 e. The van der Waals surface area contributed by atoms with Crippen LogP contribution in [-0.2, 0) is 14.4 Å². The first-order valence-electron chi connectivity index (χ1n) is 15.7. The van der Waals surface area contributed by atoms with Crippen LogP contribution in [-0.4, -0.2) is 76.6 Å². The molecule has 3 aliphatic rings. The van der Waals surface area contributed by atoms with Gasteiger partial charge in [-0.3, -0.25) is 14.4 Å². The minimum Gasteiger partial charge on any atom is -0.494 e. The molecule has 2 unspecified atom stereocenters. The van der Waals surface area contributed by atoms with Gasteiger partial charge in [-0.2, -0.15) is 0 Å². The van der Waals surface area contributed by atoms with E-state index in [0.29, 0.717) is 37.4 Å².